The number of fused-ring (bicyclic) bond motifs is 1. The van der Waals surface area contributed by atoms with Crippen LogP contribution in [0.25, 0.3) is 11.1 Å². The Bertz CT molecular complexity index is 1540. The number of carbonyl (C=O) groups is 5. The van der Waals surface area contributed by atoms with E-state index >= 15 is 0 Å². The van der Waals surface area contributed by atoms with Gasteiger partial charge in [0.25, 0.3) is 11.8 Å². The Morgan fingerprint density at radius 2 is 1.67 bits per heavy atom. The normalized spacial score (nSPS) is 19.2. The molecule has 5 rings (SSSR count). The molecule has 222 valence electrons. The lowest BCUT2D eigenvalue weighted by molar-refractivity contribution is -0.145. The van der Waals surface area contributed by atoms with Gasteiger partial charge in [0.05, 0.1) is 23.5 Å². The summed E-state index contributed by atoms with van der Waals surface area (Å²) in [4.78, 5) is 63.1. The van der Waals surface area contributed by atoms with E-state index in [2.05, 4.69) is 10.6 Å². The van der Waals surface area contributed by atoms with Crippen molar-refractivity contribution in [3.8, 4) is 11.1 Å². The van der Waals surface area contributed by atoms with Crippen LogP contribution in [-0.4, -0.2) is 55.0 Å². The molecule has 2 heterocycles. The molecule has 2 aliphatic rings. The van der Waals surface area contributed by atoms with Crippen LogP contribution in [0, 0.1) is 0 Å². The van der Waals surface area contributed by atoms with Crippen molar-refractivity contribution in [2.24, 2.45) is 5.73 Å². The molecule has 2 unspecified atom stereocenters. The molecular formula is C33H34N4O6. The number of nitrogens with one attached hydrogen (secondary N) is 2. The molecule has 2 aliphatic heterocycles. The number of aryl methyl sites for hydroxylation is 1. The van der Waals surface area contributed by atoms with E-state index in [9.17, 15) is 24.0 Å². The molecule has 1 fully saturated rings. The molecule has 3 aromatic rings. The quantitative estimate of drug-likeness (QED) is 0.120. The van der Waals surface area contributed by atoms with E-state index in [0.717, 1.165) is 36.8 Å². The van der Waals surface area contributed by atoms with E-state index in [4.69, 9.17) is 10.5 Å². The number of carbonyl (C=O) groups excluding carboxylic acids is 5. The van der Waals surface area contributed by atoms with Crippen molar-refractivity contribution in [1.82, 2.24) is 10.6 Å². The Hall–Kier alpha value is -4.67. The van der Waals surface area contributed by atoms with Crippen molar-refractivity contribution in [3.63, 3.8) is 0 Å². The second-order valence-electron chi connectivity index (χ2n) is 10.8. The van der Waals surface area contributed by atoms with Crippen LogP contribution in [0.3, 0.4) is 0 Å². The van der Waals surface area contributed by atoms with Gasteiger partial charge in [0.2, 0.25) is 0 Å². The molecule has 3 aromatic carbocycles. The largest absolute Gasteiger partial charge is 0.460 e. The number of nitrogens with two attached hydrogens (primary N) is 1. The molecule has 0 saturated carbocycles. The third-order valence-corrected chi connectivity index (χ3v) is 7.85. The highest BCUT2D eigenvalue weighted by atomic mass is 16.5. The zero-order chi connectivity index (χ0) is 30.4. The van der Waals surface area contributed by atoms with Gasteiger partial charge in [-0.15, -0.1) is 0 Å². The summed E-state index contributed by atoms with van der Waals surface area (Å²) in [7, 11) is 0. The topological polar surface area (TPSA) is 158 Å². The van der Waals surface area contributed by atoms with Crippen LogP contribution < -0.4 is 21.3 Å². The fraction of sp³-hybridized carbons (Fsp3) is 0.303. The summed E-state index contributed by atoms with van der Waals surface area (Å²) in [6.45, 7) is 0.403. The smallest absolute Gasteiger partial charge is 0.325 e. The Morgan fingerprint density at radius 1 is 0.953 bits per heavy atom. The molecule has 1 saturated heterocycles. The average Bonchev–Trinajstić information content (AvgIpc) is 3.78. The van der Waals surface area contributed by atoms with Crippen molar-refractivity contribution in [3.05, 3.63) is 83.4 Å². The SMILES string of the molecule is NCCCCCc1ccc2c(c1)C(=O)NCC(=O)N2c1ccc(COC(=O)C2NC2(C=O)CC=O)cc1-c1ccccc1. The van der Waals surface area contributed by atoms with Crippen LogP contribution in [0.4, 0.5) is 11.4 Å². The maximum atomic E-state index is 13.5. The van der Waals surface area contributed by atoms with Gasteiger partial charge in [-0.3, -0.25) is 24.6 Å². The lowest BCUT2D eigenvalue weighted by atomic mass is 9.98. The molecule has 0 radical (unpaired) electrons. The summed E-state index contributed by atoms with van der Waals surface area (Å²) < 4.78 is 5.49. The highest BCUT2D eigenvalue weighted by molar-refractivity contribution is 6.14. The molecule has 0 bridgehead atoms. The second kappa shape index (κ2) is 13.1. The standard InChI is InChI=1S/C33H34N4O6/c34-15-6-2-3-7-22-10-12-28-26(17-22)31(41)35-19-29(40)37(28)27-13-11-23(18-25(27)24-8-4-1-5-9-24)20-43-32(42)30-33(21-39,36-30)14-16-38/h1,4-5,8-13,16-18,21,30,36H,2-3,6-7,14-15,19-20,34H2,(H,35,41). The van der Waals surface area contributed by atoms with Crippen molar-refractivity contribution in [2.75, 3.05) is 18.0 Å². The first-order valence-electron chi connectivity index (χ1n) is 14.4. The number of amides is 2. The van der Waals surface area contributed by atoms with E-state index < -0.39 is 17.6 Å². The monoisotopic (exact) mass is 582 g/mol. The van der Waals surface area contributed by atoms with E-state index in [1.165, 1.54) is 0 Å². The minimum Gasteiger partial charge on any atom is -0.460 e. The molecule has 2 atom stereocenters. The van der Waals surface area contributed by atoms with Crippen molar-refractivity contribution >= 4 is 41.7 Å². The summed E-state index contributed by atoms with van der Waals surface area (Å²) in [5.41, 5.74) is 9.11. The highest BCUT2D eigenvalue weighted by Gasteiger charge is 2.59. The summed E-state index contributed by atoms with van der Waals surface area (Å²) in [5, 5.41) is 5.48. The third-order valence-electron chi connectivity index (χ3n) is 7.85. The molecule has 4 N–H and O–H groups in total. The average molecular weight is 583 g/mol. The van der Waals surface area contributed by atoms with Gasteiger partial charge >= 0.3 is 5.97 Å². The first-order chi connectivity index (χ1) is 20.9. The molecule has 0 spiro atoms. The van der Waals surface area contributed by atoms with Gasteiger partial charge < -0.3 is 25.4 Å². The number of anilines is 2. The van der Waals surface area contributed by atoms with E-state index in [1.807, 2.05) is 54.6 Å². The van der Waals surface area contributed by atoms with Crippen LogP contribution in [0.5, 0.6) is 0 Å². The van der Waals surface area contributed by atoms with Crippen LogP contribution in [0.2, 0.25) is 0 Å². The number of hydrogen-bond donors (Lipinski definition) is 3. The predicted octanol–water partition coefficient (Wildman–Crippen LogP) is 2.97. The fourth-order valence-electron chi connectivity index (χ4n) is 5.41. The fourth-order valence-corrected chi connectivity index (χ4v) is 5.41. The summed E-state index contributed by atoms with van der Waals surface area (Å²) in [6.07, 6.45) is 4.75. The van der Waals surface area contributed by atoms with Gasteiger partial charge in [0.1, 0.15) is 30.8 Å². The van der Waals surface area contributed by atoms with Crippen molar-refractivity contribution < 1.29 is 28.7 Å². The second-order valence-corrected chi connectivity index (χ2v) is 10.8. The van der Waals surface area contributed by atoms with Gasteiger partial charge in [-0.25, -0.2) is 0 Å². The molecule has 10 nitrogen and oxygen atoms in total. The Morgan fingerprint density at radius 3 is 2.40 bits per heavy atom. The van der Waals surface area contributed by atoms with Gasteiger partial charge in [-0.2, -0.15) is 0 Å². The first kappa shape index (κ1) is 29.8. The molecular weight excluding hydrogens is 548 g/mol. The highest BCUT2D eigenvalue weighted by Crippen LogP contribution is 2.39. The minimum absolute atomic E-state index is 0.0781. The van der Waals surface area contributed by atoms with E-state index in [1.54, 1.807) is 17.0 Å². The van der Waals surface area contributed by atoms with E-state index in [0.29, 0.717) is 47.2 Å². The summed E-state index contributed by atoms with van der Waals surface area (Å²) in [6, 6.07) is 19.6. The van der Waals surface area contributed by atoms with Crippen molar-refractivity contribution in [2.45, 2.75) is 50.3 Å². The van der Waals surface area contributed by atoms with Crippen LogP contribution in [0.15, 0.2) is 66.7 Å². The number of esters is 1. The van der Waals surface area contributed by atoms with Crippen LogP contribution in [-0.2, 0) is 36.9 Å². The minimum atomic E-state index is -1.20. The number of aldehydes is 2. The first-order valence-corrected chi connectivity index (χ1v) is 14.4. The predicted molar refractivity (Wildman–Crippen MR) is 161 cm³/mol. The maximum Gasteiger partial charge on any atom is 0.325 e. The van der Waals surface area contributed by atoms with Gasteiger partial charge in [0, 0.05) is 12.0 Å². The number of ether oxygens (including phenoxy) is 1. The summed E-state index contributed by atoms with van der Waals surface area (Å²) >= 11 is 0. The number of nitrogens with zero attached hydrogens (tertiary/aromatic N) is 1. The number of rotatable bonds is 13. The van der Waals surface area contributed by atoms with Crippen LogP contribution in [0.1, 0.15) is 47.2 Å². The Labute approximate surface area is 249 Å². The Balaban J connectivity index is 1.46. The van der Waals surface area contributed by atoms with E-state index in [-0.39, 0.29) is 31.4 Å². The molecule has 43 heavy (non-hydrogen) atoms. The zero-order valence-corrected chi connectivity index (χ0v) is 23.7. The molecule has 0 aliphatic carbocycles. The van der Waals surface area contributed by atoms with Crippen molar-refractivity contribution in [1.29, 1.82) is 0 Å². The van der Waals surface area contributed by atoms with Gasteiger partial charge in [0.15, 0.2) is 0 Å². The summed E-state index contributed by atoms with van der Waals surface area (Å²) in [5.74, 6) is -1.23. The molecule has 10 heteroatoms. The Kier molecular flexibility index (Phi) is 9.08. The molecule has 0 aromatic heterocycles. The van der Waals surface area contributed by atoms with Gasteiger partial charge in [-0.05, 0) is 66.8 Å². The van der Waals surface area contributed by atoms with Crippen LogP contribution >= 0.6 is 0 Å². The number of benzene rings is 3. The lowest BCUT2D eigenvalue weighted by Gasteiger charge is -2.26. The lowest BCUT2D eigenvalue weighted by Crippen LogP contribution is -2.33. The number of hydrogen-bond acceptors (Lipinski definition) is 8. The number of unbranched alkanes of at least 4 members (excludes halogenated alkanes) is 2. The maximum absolute atomic E-state index is 13.5. The third kappa shape index (κ3) is 6.40. The zero-order valence-electron chi connectivity index (χ0n) is 23.7. The van der Waals surface area contributed by atoms with Gasteiger partial charge in [-0.1, -0.05) is 48.9 Å². The molecule has 2 amide bonds.